The topological polar surface area (TPSA) is 101 Å². The van der Waals surface area contributed by atoms with E-state index in [0.29, 0.717) is 30.3 Å². The summed E-state index contributed by atoms with van der Waals surface area (Å²) in [5.41, 5.74) is 5.40. The Morgan fingerprint density at radius 3 is 2.43 bits per heavy atom. The van der Waals surface area contributed by atoms with Crippen LogP contribution in [0, 0.1) is 11.8 Å². The first kappa shape index (κ1) is 22.7. The van der Waals surface area contributed by atoms with Gasteiger partial charge in [0.25, 0.3) is 0 Å². The number of hydrogen-bond acceptors (Lipinski definition) is 5. The number of rotatable bonds is 7. The van der Waals surface area contributed by atoms with Crippen molar-refractivity contribution in [2.24, 2.45) is 17.6 Å². The number of primary amides is 1. The average molecular weight is 436 g/mol. The minimum Gasteiger partial charge on any atom is -0.369 e. The normalized spacial score (nSPS) is 27.8. The molecule has 2 unspecified atom stereocenters. The summed E-state index contributed by atoms with van der Waals surface area (Å²) < 4.78 is 26.3. The Hall–Kier alpha value is -1.93. The Kier molecular flexibility index (Phi) is 6.87. The Bertz CT molecular complexity index is 872. The molecule has 1 aromatic rings. The van der Waals surface area contributed by atoms with Crippen LogP contribution >= 0.6 is 0 Å². The van der Waals surface area contributed by atoms with Crippen molar-refractivity contribution >= 4 is 21.7 Å². The molecule has 1 aromatic carbocycles. The SMILES string of the molecule is CC(C)N(C)C1CC[C@H](N2CC[C@@H](C(N)=O)C2=O)C(CS(=O)(=O)c2ccccc2)C1. The molecule has 0 aromatic heterocycles. The van der Waals surface area contributed by atoms with Crippen molar-refractivity contribution in [1.29, 1.82) is 0 Å². The minimum atomic E-state index is -3.49. The van der Waals surface area contributed by atoms with Crippen LogP contribution in [0.15, 0.2) is 35.2 Å². The van der Waals surface area contributed by atoms with Crippen LogP contribution in [-0.4, -0.2) is 67.5 Å². The molecular formula is C22H33N3O4S. The maximum absolute atomic E-state index is 13.1. The number of hydrogen-bond donors (Lipinski definition) is 1. The van der Waals surface area contributed by atoms with Crippen molar-refractivity contribution in [2.45, 2.75) is 62.6 Å². The Balaban J connectivity index is 1.86. The largest absolute Gasteiger partial charge is 0.369 e. The molecule has 166 valence electrons. The predicted octanol–water partition coefficient (Wildman–Crippen LogP) is 1.67. The molecule has 1 aliphatic heterocycles. The van der Waals surface area contributed by atoms with Gasteiger partial charge in [0.1, 0.15) is 5.92 Å². The third-order valence-corrected chi connectivity index (χ3v) is 8.68. The third kappa shape index (κ3) is 4.70. The monoisotopic (exact) mass is 435 g/mol. The molecule has 0 radical (unpaired) electrons. The van der Waals surface area contributed by atoms with Crippen LogP contribution in [0.25, 0.3) is 0 Å². The standard InChI is InChI=1S/C22H33N3O4S/c1-15(2)24(3)17-9-10-20(25-12-11-19(21(23)26)22(25)27)16(13-17)14-30(28,29)18-7-5-4-6-8-18/h4-8,15-17,19-20H,9-14H2,1-3H3,(H2,23,26)/t16?,17?,19-,20-/m0/s1. The van der Waals surface area contributed by atoms with Crippen molar-refractivity contribution in [1.82, 2.24) is 9.80 Å². The molecule has 8 heteroatoms. The van der Waals surface area contributed by atoms with Gasteiger partial charge in [-0.25, -0.2) is 8.42 Å². The highest BCUT2D eigenvalue weighted by atomic mass is 32.2. The van der Waals surface area contributed by atoms with E-state index in [4.69, 9.17) is 5.73 Å². The van der Waals surface area contributed by atoms with E-state index in [1.165, 1.54) is 0 Å². The van der Waals surface area contributed by atoms with Gasteiger partial charge in [0, 0.05) is 24.7 Å². The van der Waals surface area contributed by atoms with Gasteiger partial charge in [0.15, 0.2) is 9.84 Å². The summed E-state index contributed by atoms with van der Waals surface area (Å²) in [6.45, 7) is 4.72. The van der Waals surface area contributed by atoms with E-state index in [1.807, 2.05) is 0 Å². The fourth-order valence-corrected chi connectivity index (χ4v) is 6.59. The summed E-state index contributed by atoms with van der Waals surface area (Å²) in [5, 5.41) is 0. The quantitative estimate of drug-likeness (QED) is 0.657. The van der Waals surface area contributed by atoms with Gasteiger partial charge in [-0.2, -0.15) is 0 Å². The van der Waals surface area contributed by atoms with Gasteiger partial charge >= 0.3 is 0 Å². The molecule has 1 heterocycles. The zero-order valence-electron chi connectivity index (χ0n) is 18.0. The van der Waals surface area contributed by atoms with E-state index in [2.05, 4.69) is 25.8 Å². The van der Waals surface area contributed by atoms with Gasteiger partial charge in [0.05, 0.1) is 10.6 Å². The van der Waals surface area contributed by atoms with Gasteiger partial charge in [0.2, 0.25) is 11.8 Å². The van der Waals surface area contributed by atoms with E-state index in [-0.39, 0.29) is 29.7 Å². The zero-order valence-corrected chi connectivity index (χ0v) is 18.8. The van der Waals surface area contributed by atoms with Crippen molar-refractivity contribution in [3.05, 3.63) is 30.3 Å². The second kappa shape index (κ2) is 9.06. The molecule has 0 bridgehead atoms. The van der Waals surface area contributed by atoms with E-state index < -0.39 is 21.7 Å². The van der Waals surface area contributed by atoms with Crippen LogP contribution in [0.5, 0.6) is 0 Å². The van der Waals surface area contributed by atoms with E-state index in [0.717, 1.165) is 12.8 Å². The highest BCUT2D eigenvalue weighted by Gasteiger charge is 2.45. The van der Waals surface area contributed by atoms with E-state index >= 15 is 0 Å². The number of sulfone groups is 1. The van der Waals surface area contributed by atoms with Gasteiger partial charge < -0.3 is 15.5 Å². The first-order chi connectivity index (χ1) is 14.1. The van der Waals surface area contributed by atoms with E-state index in [1.54, 1.807) is 35.2 Å². The van der Waals surface area contributed by atoms with E-state index in [9.17, 15) is 18.0 Å². The van der Waals surface area contributed by atoms with Crippen LogP contribution in [-0.2, 0) is 19.4 Å². The molecule has 30 heavy (non-hydrogen) atoms. The van der Waals surface area contributed by atoms with Crippen molar-refractivity contribution in [2.75, 3.05) is 19.3 Å². The lowest BCUT2D eigenvalue weighted by atomic mass is 9.81. The van der Waals surface area contributed by atoms with Gasteiger partial charge in [-0.1, -0.05) is 18.2 Å². The third-order valence-electron chi connectivity index (χ3n) is 6.82. The summed E-state index contributed by atoms with van der Waals surface area (Å²) in [6.07, 6.45) is 2.74. The molecule has 1 aliphatic carbocycles. The van der Waals surface area contributed by atoms with Crippen LogP contribution in [0.1, 0.15) is 39.5 Å². The number of amides is 2. The average Bonchev–Trinajstić information content (AvgIpc) is 3.09. The lowest BCUT2D eigenvalue weighted by molar-refractivity contribution is -0.139. The Morgan fingerprint density at radius 1 is 1.20 bits per heavy atom. The molecule has 2 aliphatic rings. The molecule has 2 fully saturated rings. The van der Waals surface area contributed by atoms with Gasteiger partial charge in [-0.3, -0.25) is 9.59 Å². The lowest BCUT2D eigenvalue weighted by Gasteiger charge is -2.44. The number of carbonyl (C=O) groups excluding carboxylic acids is 2. The summed E-state index contributed by atoms with van der Waals surface area (Å²) in [5.74, 6) is -1.82. The van der Waals surface area contributed by atoms with Crippen molar-refractivity contribution < 1.29 is 18.0 Å². The first-order valence-corrected chi connectivity index (χ1v) is 12.4. The molecule has 2 amide bonds. The number of nitrogens with zero attached hydrogens (tertiary/aromatic N) is 2. The second-order valence-corrected chi connectivity index (χ2v) is 11.0. The summed E-state index contributed by atoms with van der Waals surface area (Å²) in [6, 6.07) is 8.92. The fraction of sp³-hybridized carbons (Fsp3) is 0.636. The smallest absolute Gasteiger partial charge is 0.235 e. The summed E-state index contributed by atoms with van der Waals surface area (Å²) in [7, 11) is -1.42. The molecule has 3 rings (SSSR count). The summed E-state index contributed by atoms with van der Waals surface area (Å²) >= 11 is 0. The molecule has 7 nitrogen and oxygen atoms in total. The molecule has 0 spiro atoms. The molecule has 2 N–H and O–H groups in total. The van der Waals surface area contributed by atoms with Crippen LogP contribution in [0.3, 0.4) is 0 Å². The predicted molar refractivity (Wildman–Crippen MR) is 115 cm³/mol. The Labute approximate surface area is 179 Å². The molecule has 1 saturated carbocycles. The number of carbonyl (C=O) groups is 2. The number of benzene rings is 1. The lowest BCUT2D eigenvalue weighted by Crippen LogP contribution is -2.52. The molecule has 1 saturated heterocycles. The van der Waals surface area contributed by atoms with Crippen molar-refractivity contribution in [3.63, 3.8) is 0 Å². The summed E-state index contributed by atoms with van der Waals surface area (Å²) in [4.78, 5) is 28.8. The molecule has 4 atom stereocenters. The number of likely N-dealkylation sites (tertiary alicyclic amines) is 1. The fourth-order valence-electron chi connectivity index (χ4n) is 4.91. The first-order valence-electron chi connectivity index (χ1n) is 10.7. The van der Waals surface area contributed by atoms with Gasteiger partial charge in [-0.15, -0.1) is 0 Å². The highest BCUT2D eigenvalue weighted by molar-refractivity contribution is 7.91. The number of nitrogens with two attached hydrogens (primary N) is 1. The van der Waals surface area contributed by atoms with Crippen LogP contribution in [0.2, 0.25) is 0 Å². The zero-order chi connectivity index (χ0) is 22.1. The highest BCUT2D eigenvalue weighted by Crippen LogP contribution is 2.36. The van der Waals surface area contributed by atoms with Gasteiger partial charge in [-0.05, 0) is 64.6 Å². The van der Waals surface area contributed by atoms with Crippen LogP contribution < -0.4 is 5.73 Å². The maximum atomic E-state index is 13.1. The molecular weight excluding hydrogens is 402 g/mol. The minimum absolute atomic E-state index is 0.00483. The van der Waals surface area contributed by atoms with Crippen molar-refractivity contribution in [3.8, 4) is 0 Å². The Morgan fingerprint density at radius 2 is 1.87 bits per heavy atom. The maximum Gasteiger partial charge on any atom is 0.235 e. The second-order valence-electron chi connectivity index (χ2n) is 8.92. The van der Waals surface area contributed by atoms with Crippen LogP contribution in [0.4, 0.5) is 0 Å².